The number of para-hydroxylation sites is 2. The molecule has 0 radical (unpaired) electrons. The zero-order valence-corrected chi connectivity index (χ0v) is 13.7. The highest BCUT2D eigenvalue weighted by Gasteiger charge is 2.17. The molecule has 1 amide bonds. The number of nitrogens with zero attached hydrogens (tertiary/aromatic N) is 2. The van der Waals surface area contributed by atoms with Gasteiger partial charge < -0.3 is 10.6 Å². The van der Waals surface area contributed by atoms with Crippen LogP contribution in [0.3, 0.4) is 0 Å². The lowest BCUT2D eigenvalue weighted by Gasteiger charge is -2.09. The lowest BCUT2D eigenvalue weighted by atomic mass is 10.1. The molecule has 25 heavy (non-hydrogen) atoms. The van der Waals surface area contributed by atoms with Gasteiger partial charge in [0, 0.05) is 18.0 Å². The highest BCUT2D eigenvalue weighted by atomic mass is 16.6. The molecular formula is C18H16N4O3. The van der Waals surface area contributed by atoms with E-state index >= 15 is 0 Å². The summed E-state index contributed by atoms with van der Waals surface area (Å²) in [5, 5.41) is 25.5. The van der Waals surface area contributed by atoms with E-state index in [1.54, 1.807) is 12.1 Å². The van der Waals surface area contributed by atoms with Gasteiger partial charge in [0.25, 0.3) is 11.6 Å². The average Bonchev–Trinajstić information content (AvgIpc) is 2.59. The Morgan fingerprint density at radius 3 is 2.52 bits per heavy atom. The summed E-state index contributed by atoms with van der Waals surface area (Å²) < 4.78 is 0. The van der Waals surface area contributed by atoms with Crippen LogP contribution in [0.2, 0.25) is 0 Å². The van der Waals surface area contributed by atoms with Gasteiger partial charge in [-0.1, -0.05) is 24.3 Å². The Hall–Kier alpha value is -3.66. The predicted molar refractivity (Wildman–Crippen MR) is 95.0 cm³/mol. The van der Waals surface area contributed by atoms with Crippen molar-refractivity contribution in [1.29, 1.82) is 5.26 Å². The molecule has 0 aliphatic heterocycles. The van der Waals surface area contributed by atoms with E-state index in [9.17, 15) is 20.2 Å². The summed E-state index contributed by atoms with van der Waals surface area (Å²) in [5.41, 5.74) is 2.43. The molecule has 7 nitrogen and oxygen atoms in total. The summed E-state index contributed by atoms with van der Waals surface area (Å²) in [6.07, 6.45) is 1.28. The Morgan fingerprint density at radius 1 is 1.16 bits per heavy atom. The molecule has 0 aromatic heterocycles. The topological polar surface area (TPSA) is 108 Å². The first kappa shape index (κ1) is 17.7. The number of nitrogens with one attached hydrogen (secondary N) is 2. The SMILES string of the molecule is Cc1cccc(N/C=C(/C#N)C(=O)Nc2ccccc2[N+](=O)[O-])c1C. The largest absolute Gasteiger partial charge is 0.360 e. The number of benzene rings is 2. The maximum absolute atomic E-state index is 12.2. The van der Waals surface area contributed by atoms with Gasteiger partial charge in [-0.3, -0.25) is 14.9 Å². The van der Waals surface area contributed by atoms with Crippen molar-refractivity contribution >= 4 is 23.0 Å². The summed E-state index contributed by atoms with van der Waals surface area (Å²) >= 11 is 0. The molecule has 0 unspecified atom stereocenters. The molecule has 126 valence electrons. The highest BCUT2D eigenvalue weighted by molar-refractivity contribution is 6.07. The van der Waals surface area contributed by atoms with Crippen LogP contribution in [-0.2, 0) is 4.79 Å². The fourth-order valence-electron chi connectivity index (χ4n) is 2.13. The Kier molecular flexibility index (Phi) is 5.48. The van der Waals surface area contributed by atoms with Gasteiger partial charge >= 0.3 is 0 Å². The van der Waals surface area contributed by atoms with Crippen LogP contribution < -0.4 is 10.6 Å². The molecule has 0 aliphatic carbocycles. The molecule has 0 fully saturated rings. The Bertz CT molecular complexity index is 897. The number of rotatable bonds is 5. The van der Waals surface area contributed by atoms with Crippen LogP contribution in [0, 0.1) is 35.3 Å². The van der Waals surface area contributed by atoms with Crippen LogP contribution in [0.4, 0.5) is 17.1 Å². The van der Waals surface area contributed by atoms with Crippen LogP contribution in [0.25, 0.3) is 0 Å². The number of amides is 1. The fourth-order valence-corrected chi connectivity index (χ4v) is 2.13. The summed E-state index contributed by atoms with van der Waals surface area (Å²) in [6, 6.07) is 13.2. The van der Waals surface area contributed by atoms with Crippen LogP contribution in [0.1, 0.15) is 11.1 Å². The standard InChI is InChI=1S/C18H16N4O3/c1-12-6-5-8-15(13(12)2)20-11-14(10-19)18(23)21-16-7-3-4-9-17(16)22(24)25/h3-9,11,20H,1-2H3,(H,21,23)/b14-11-. The minimum absolute atomic E-state index is 0.0328. The van der Waals surface area contributed by atoms with Crippen LogP contribution in [0.5, 0.6) is 0 Å². The predicted octanol–water partition coefficient (Wildman–Crippen LogP) is 3.67. The van der Waals surface area contributed by atoms with Gasteiger partial charge in [-0.05, 0) is 37.1 Å². The third kappa shape index (κ3) is 4.20. The van der Waals surface area contributed by atoms with Gasteiger partial charge in [0.05, 0.1) is 4.92 Å². The van der Waals surface area contributed by atoms with Crippen LogP contribution in [0.15, 0.2) is 54.2 Å². The van der Waals surface area contributed by atoms with Gasteiger partial charge in [-0.15, -0.1) is 0 Å². The van der Waals surface area contributed by atoms with E-state index in [1.807, 2.05) is 32.0 Å². The fraction of sp³-hybridized carbons (Fsp3) is 0.111. The zero-order valence-electron chi connectivity index (χ0n) is 13.7. The summed E-state index contributed by atoms with van der Waals surface area (Å²) in [4.78, 5) is 22.6. The smallest absolute Gasteiger partial charge is 0.292 e. The number of carbonyl (C=O) groups is 1. The third-order valence-corrected chi connectivity index (χ3v) is 3.69. The molecule has 0 aliphatic rings. The number of nitro groups is 1. The van der Waals surface area contributed by atoms with Crippen molar-refractivity contribution in [2.75, 3.05) is 10.6 Å². The van der Waals surface area contributed by atoms with Crippen molar-refractivity contribution < 1.29 is 9.72 Å². The van der Waals surface area contributed by atoms with Gasteiger partial charge in [0.2, 0.25) is 0 Å². The van der Waals surface area contributed by atoms with E-state index in [-0.39, 0.29) is 16.9 Å². The summed E-state index contributed by atoms with van der Waals surface area (Å²) in [5.74, 6) is -0.727. The second kappa shape index (κ2) is 7.75. The molecule has 2 N–H and O–H groups in total. The Balaban J connectivity index is 2.21. The molecular weight excluding hydrogens is 320 g/mol. The van der Waals surface area contributed by atoms with E-state index in [2.05, 4.69) is 10.6 Å². The number of hydrogen-bond acceptors (Lipinski definition) is 5. The highest BCUT2D eigenvalue weighted by Crippen LogP contribution is 2.24. The molecule has 0 bridgehead atoms. The first-order valence-electron chi connectivity index (χ1n) is 7.42. The molecule has 2 rings (SSSR count). The first-order chi connectivity index (χ1) is 11.9. The first-order valence-corrected chi connectivity index (χ1v) is 7.42. The van der Waals surface area contributed by atoms with E-state index in [0.29, 0.717) is 0 Å². The van der Waals surface area contributed by atoms with Gasteiger partial charge in [-0.2, -0.15) is 5.26 Å². The lowest BCUT2D eigenvalue weighted by Crippen LogP contribution is -2.15. The minimum atomic E-state index is -0.727. The van der Waals surface area contributed by atoms with Crippen LogP contribution >= 0.6 is 0 Å². The second-order valence-electron chi connectivity index (χ2n) is 5.29. The number of nitriles is 1. The molecule has 0 heterocycles. The van der Waals surface area contributed by atoms with Crippen molar-refractivity contribution in [1.82, 2.24) is 0 Å². The molecule has 7 heteroatoms. The number of nitro benzene ring substituents is 1. The van der Waals surface area contributed by atoms with Gasteiger partial charge in [-0.25, -0.2) is 0 Å². The monoisotopic (exact) mass is 336 g/mol. The molecule has 2 aromatic rings. The number of anilines is 2. The van der Waals surface area contributed by atoms with Crippen molar-refractivity contribution in [3.05, 3.63) is 75.5 Å². The number of hydrogen-bond donors (Lipinski definition) is 2. The second-order valence-corrected chi connectivity index (χ2v) is 5.29. The lowest BCUT2D eigenvalue weighted by molar-refractivity contribution is -0.383. The zero-order chi connectivity index (χ0) is 18.4. The third-order valence-electron chi connectivity index (χ3n) is 3.69. The van der Waals surface area contributed by atoms with E-state index < -0.39 is 10.8 Å². The maximum atomic E-state index is 12.2. The summed E-state index contributed by atoms with van der Waals surface area (Å²) in [6.45, 7) is 3.88. The number of carbonyl (C=O) groups excluding carboxylic acids is 1. The van der Waals surface area contributed by atoms with E-state index in [4.69, 9.17) is 0 Å². The average molecular weight is 336 g/mol. The molecule has 0 spiro atoms. The van der Waals surface area contributed by atoms with Crippen LogP contribution in [-0.4, -0.2) is 10.8 Å². The minimum Gasteiger partial charge on any atom is -0.360 e. The Morgan fingerprint density at radius 2 is 1.84 bits per heavy atom. The van der Waals surface area contributed by atoms with Crippen molar-refractivity contribution in [2.24, 2.45) is 0 Å². The van der Waals surface area contributed by atoms with Crippen molar-refractivity contribution in [3.8, 4) is 6.07 Å². The molecule has 0 atom stereocenters. The normalized spacial score (nSPS) is 10.7. The Labute approximate surface area is 144 Å². The molecule has 2 aromatic carbocycles. The van der Waals surface area contributed by atoms with Gasteiger partial charge in [0.15, 0.2) is 0 Å². The van der Waals surface area contributed by atoms with Gasteiger partial charge in [0.1, 0.15) is 17.3 Å². The molecule has 0 saturated heterocycles. The van der Waals surface area contributed by atoms with Crippen molar-refractivity contribution in [3.63, 3.8) is 0 Å². The van der Waals surface area contributed by atoms with Crippen molar-refractivity contribution in [2.45, 2.75) is 13.8 Å². The molecule has 0 saturated carbocycles. The number of aryl methyl sites for hydroxylation is 1. The quantitative estimate of drug-likeness (QED) is 0.375. The van der Waals surface area contributed by atoms with E-state index in [1.165, 1.54) is 24.4 Å². The maximum Gasteiger partial charge on any atom is 0.292 e. The summed E-state index contributed by atoms with van der Waals surface area (Å²) in [7, 11) is 0. The van der Waals surface area contributed by atoms with E-state index in [0.717, 1.165) is 16.8 Å².